The van der Waals surface area contributed by atoms with Crippen molar-refractivity contribution in [3.8, 4) is 0 Å². The smallest absolute Gasteiger partial charge is 0.410 e. The molecule has 0 spiro atoms. The number of hydrogen-bond donors (Lipinski definition) is 0. The van der Waals surface area contributed by atoms with Crippen molar-refractivity contribution < 1.29 is 9.53 Å². The Morgan fingerprint density at radius 2 is 2.11 bits per heavy atom. The monoisotopic (exact) mass is 247 g/mol. The Hall–Kier alpha value is -1.51. The fraction of sp³-hybridized carbons (Fsp3) is 0.533. The maximum atomic E-state index is 11.7. The van der Waals surface area contributed by atoms with Crippen LogP contribution < -0.4 is 0 Å². The van der Waals surface area contributed by atoms with E-state index in [2.05, 4.69) is 31.2 Å². The van der Waals surface area contributed by atoms with Crippen LogP contribution in [0.5, 0.6) is 0 Å². The number of carbonyl (C=O) groups excluding carboxylic acids is 1. The SMILES string of the molecule is CCCC[C@H](Cc1ccccc1)N1CCOC1=O. The average Bonchev–Trinajstić information content (AvgIpc) is 2.82. The van der Waals surface area contributed by atoms with Crippen molar-refractivity contribution in [2.75, 3.05) is 13.2 Å². The average molecular weight is 247 g/mol. The molecule has 2 rings (SSSR count). The molecule has 1 atom stereocenters. The van der Waals surface area contributed by atoms with Gasteiger partial charge >= 0.3 is 6.09 Å². The van der Waals surface area contributed by atoms with Crippen molar-refractivity contribution in [2.45, 2.75) is 38.6 Å². The molecule has 1 heterocycles. The Morgan fingerprint density at radius 3 is 2.72 bits per heavy atom. The summed E-state index contributed by atoms with van der Waals surface area (Å²) in [4.78, 5) is 13.6. The Labute approximate surface area is 109 Å². The molecule has 1 amide bonds. The normalized spacial score (nSPS) is 16.7. The van der Waals surface area contributed by atoms with Gasteiger partial charge < -0.3 is 9.64 Å². The van der Waals surface area contributed by atoms with Gasteiger partial charge in [0.1, 0.15) is 6.61 Å². The first-order valence-corrected chi connectivity index (χ1v) is 6.78. The third kappa shape index (κ3) is 3.25. The van der Waals surface area contributed by atoms with Gasteiger partial charge in [-0.15, -0.1) is 0 Å². The van der Waals surface area contributed by atoms with Crippen molar-refractivity contribution in [1.29, 1.82) is 0 Å². The third-order valence-corrected chi connectivity index (χ3v) is 3.44. The van der Waals surface area contributed by atoms with Gasteiger partial charge in [-0.05, 0) is 18.4 Å². The zero-order valence-corrected chi connectivity index (χ0v) is 11.0. The largest absolute Gasteiger partial charge is 0.448 e. The van der Waals surface area contributed by atoms with E-state index in [1.807, 2.05) is 11.0 Å². The van der Waals surface area contributed by atoms with E-state index >= 15 is 0 Å². The summed E-state index contributed by atoms with van der Waals surface area (Å²) in [7, 11) is 0. The Balaban J connectivity index is 2.02. The summed E-state index contributed by atoms with van der Waals surface area (Å²) in [6.07, 6.45) is 4.15. The van der Waals surface area contributed by atoms with E-state index in [-0.39, 0.29) is 12.1 Å². The van der Waals surface area contributed by atoms with Gasteiger partial charge in [0.05, 0.1) is 6.54 Å². The first kappa shape index (κ1) is 12.9. The first-order valence-electron chi connectivity index (χ1n) is 6.78. The van der Waals surface area contributed by atoms with E-state index in [1.54, 1.807) is 0 Å². The second kappa shape index (κ2) is 6.43. The molecular weight excluding hydrogens is 226 g/mol. The minimum Gasteiger partial charge on any atom is -0.448 e. The van der Waals surface area contributed by atoms with Crippen LogP contribution in [0.2, 0.25) is 0 Å². The Kier molecular flexibility index (Phi) is 4.62. The molecule has 0 bridgehead atoms. The third-order valence-electron chi connectivity index (χ3n) is 3.44. The van der Waals surface area contributed by atoms with Gasteiger partial charge in [-0.25, -0.2) is 4.79 Å². The Morgan fingerprint density at radius 1 is 1.33 bits per heavy atom. The van der Waals surface area contributed by atoms with Crippen LogP contribution in [-0.4, -0.2) is 30.2 Å². The molecule has 1 aliphatic heterocycles. The van der Waals surface area contributed by atoms with Crippen molar-refractivity contribution in [3.05, 3.63) is 35.9 Å². The van der Waals surface area contributed by atoms with Gasteiger partial charge in [-0.1, -0.05) is 50.1 Å². The van der Waals surface area contributed by atoms with Crippen LogP contribution in [0.15, 0.2) is 30.3 Å². The lowest BCUT2D eigenvalue weighted by Gasteiger charge is -2.25. The molecule has 1 saturated heterocycles. The molecule has 0 saturated carbocycles. The van der Waals surface area contributed by atoms with Crippen molar-refractivity contribution in [3.63, 3.8) is 0 Å². The highest BCUT2D eigenvalue weighted by Gasteiger charge is 2.29. The predicted octanol–water partition coefficient (Wildman–Crippen LogP) is 3.24. The zero-order valence-electron chi connectivity index (χ0n) is 11.0. The molecule has 1 aromatic rings. The number of amides is 1. The lowest BCUT2D eigenvalue weighted by molar-refractivity contribution is 0.145. The lowest BCUT2D eigenvalue weighted by Crippen LogP contribution is -2.37. The van der Waals surface area contributed by atoms with Crippen LogP contribution in [0, 0.1) is 0 Å². The molecule has 0 aromatic heterocycles. The van der Waals surface area contributed by atoms with Gasteiger partial charge in [-0.2, -0.15) is 0 Å². The summed E-state index contributed by atoms with van der Waals surface area (Å²) in [6.45, 7) is 3.46. The maximum absolute atomic E-state index is 11.7. The predicted molar refractivity (Wildman–Crippen MR) is 71.5 cm³/mol. The highest BCUT2D eigenvalue weighted by atomic mass is 16.6. The highest BCUT2D eigenvalue weighted by Crippen LogP contribution is 2.18. The number of rotatable bonds is 6. The number of benzene rings is 1. The summed E-state index contributed by atoms with van der Waals surface area (Å²) < 4.78 is 5.05. The lowest BCUT2D eigenvalue weighted by atomic mass is 10.00. The minimum atomic E-state index is -0.146. The molecule has 3 heteroatoms. The second-order valence-corrected chi connectivity index (χ2v) is 4.79. The number of cyclic esters (lactones) is 1. The molecule has 0 radical (unpaired) electrons. The molecule has 98 valence electrons. The molecule has 1 aromatic carbocycles. The molecule has 1 fully saturated rings. The van der Waals surface area contributed by atoms with E-state index < -0.39 is 0 Å². The van der Waals surface area contributed by atoms with E-state index in [9.17, 15) is 4.79 Å². The van der Waals surface area contributed by atoms with Crippen LogP contribution in [0.1, 0.15) is 31.7 Å². The fourth-order valence-corrected chi connectivity index (χ4v) is 2.43. The molecule has 18 heavy (non-hydrogen) atoms. The van der Waals surface area contributed by atoms with Crippen molar-refractivity contribution in [2.24, 2.45) is 0 Å². The van der Waals surface area contributed by atoms with Crippen LogP contribution in [0.25, 0.3) is 0 Å². The summed E-state index contributed by atoms with van der Waals surface area (Å²) in [6, 6.07) is 10.7. The van der Waals surface area contributed by atoms with E-state index in [0.29, 0.717) is 6.61 Å². The number of carbonyl (C=O) groups is 1. The Bertz CT molecular complexity index is 377. The van der Waals surface area contributed by atoms with Crippen LogP contribution >= 0.6 is 0 Å². The number of unbranched alkanes of at least 4 members (excludes halogenated alkanes) is 1. The number of nitrogens with zero attached hydrogens (tertiary/aromatic N) is 1. The second-order valence-electron chi connectivity index (χ2n) is 4.79. The summed E-state index contributed by atoms with van der Waals surface area (Å²) >= 11 is 0. The van der Waals surface area contributed by atoms with Gasteiger partial charge in [-0.3, -0.25) is 0 Å². The number of ether oxygens (including phenoxy) is 1. The van der Waals surface area contributed by atoms with Gasteiger partial charge in [0.25, 0.3) is 0 Å². The fourth-order valence-electron chi connectivity index (χ4n) is 2.43. The van der Waals surface area contributed by atoms with Crippen LogP contribution in [-0.2, 0) is 11.2 Å². The standard InChI is InChI=1S/C15H21NO2/c1-2-3-9-14(16-10-11-18-15(16)17)12-13-7-5-4-6-8-13/h4-8,14H,2-3,9-12H2,1H3/t14-/m1/s1. The zero-order chi connectivity index (χ0) is 12.8. The highest BCUT2D eigenvalue weighted by molar-refractivity contribution is 5.69. The molecule has 0 aliphatic carbocycles. The molecule has 0 N–H and O–H groups in total. The van der Waals surface area contributed by atoms with E-state index in [4.69, 9.17) is 4.74 Å². The maximum Gasteiger partial charge on any atom is 0.410 e. The molecule has 1 aliphatic rings. The minimum absolute atomic E-state index is 0.146. The van der Waals surface area contributed by atoms with Crippen LogP contribution in [0.4, 0.5) is 4.79 Å². The van der Waals surface area contributed by atoms with Crippen molar-refractivity contribution >= 4 is 6.09 Å². The van der Waals surface area contributed by atoms with Crippen molar-refractivity contribution in [1.82, 2.24) is 4.90 Å². The molecule has 3 nitrogen and oxygen atoms in total. The topological polar surface area (TPSA) is 29.5 Å². The van der Waals surface area contributed by atoms with Gasteiger partial charge in [0.15, 0.2) is 0 Å². The summed E-state index contributed by atoms with van der Waals surface area (Å²) in [5, 5.41) is 0. The van der Waals surface area contributed by atoms with E-state index in [0.717, 1.165) is 32.2 Å². The first-order chi connectivity index (χ1) is 8.81. The summed E-state index contributed by atoms with van der Waals surface area (Å²) in [5.74, 6) is 0. The number of hydrogen-bond acceptors (Lipinski definition) is 2. The van der Waals surface area contributed by atoms with Crippen LogP contribution in [0.3, 0.4) is 0 Å². The van der Waals surface area contributed by atoms with Gasteiger partial charge in [0, 0.05) is 6.04 Å². The van der Waals surface area contributed by atoms with E-state index in [1.165, 1.54) is 5.56 Å². The quantitative estimate of drug-likeness (QED) is 0.772. The van der Waals surface area contributed by atoms with Gasteiger partial charge in [0.2, 0.25) is 0 Å². The molecular formula is C15H21NO2. The summed E-state index contributed by atoms with van der Waals surface area (Å²) in [5.41, 5.74) is 1.29. The molecule has 0 unspecified atom stereocenters.